The molecule has 1 N–H and O–H groups in total. The van der Waals surface area contributed by atoms with E-state index in [2.05, 4.69) is 38.7 Å². The van der Waals surface area contributed by atoms with Crippen LogP contribution >= 0.6 is 11.3 Å². The summed E-state index contributed by atoms with van der Waals surface area (Å²) in [5.41, 5.74) is 4.57. The van der Waals surface area contributed by atoms with Gasteiger partial charge in [-0.3, -0.25) is 5.32 Å². The summed E-state index contributed by atoms with van der Waals surface area (Å²) in [5, 5.41) is 12.1. The number of benzene rings is 2. The summed E-state index contributed by atoms with van der Waals surface area (Å²) in [6.07, 6.45) is 4.77. The maximum absolute atomic E-state index is 5.83. The van der Waals surface area contributed by atoms with Crippen LogP contribution in [0.15, 0.2) is 34.7 Å². The van der Waals surface area contributed by atoms with E-state index < -0.39 is 0 Å². The molecule has 0 bridgehead atoms. The lowest BCUT2D eigenvalue weighted by Crippen LogP contribution is -2.02. The van der Waals surface area contributed by atoms with Gasteiger partial charge in [0.15, 0.2) is 16.6 Å². The van der Waals surface area contributed by atoms with Crippen LogP contribution < -0.4 is 14.8 Å². The van der Waals surface area contributed by atoms with Crippen molar-refractivity contribution < 1.29 is 13.9 Å². The van der Waals surface area contributed by atoms with Crippen LogP contribution in [-0.4, -0.2) is 29.4 Å². The molecule has 148 valence electrons. The molecule has 0 aliphatic heterocycles. The lowest BCUT2D eigenvalue weighted by molar-refractivity contribution is 0.356. The molecule has 0 atom stereocenters. The molecule has 0 unspecified atom stereocenters. The van der Waals surface area contributed by atoms with E-state index in [0.717, 1.165) is 28.6 Å². The predicted molar refractivity (Wildman–Crippen MR) is 112 cm³/mol. The maximum Gasteiger partial charge on any atom is 0.322 e. The molecule has 0 spiro atoms. The zero-order valence-corrected chi connectivity index (χ0v) is 17.0. The average Bonchev–Trinajstić information content (AvgIpc) is 3.38. The van der Waals surface area contributed by atoms with Crippen molar-refractivity contribution in [1.82, 2.24) is 15.2 Å². The minimum Gasteiger partial charge on any atom is -0.493 e. The summed E-state index contributed by atoms with van der Waals surface area (Å²) in [4.78, 5) is 4.58. The molecular formula is C21H20N4O3S. The Labute approximate surface area is 171 Å². The van der Waals surface area contributed by atoms with Gasteiger partial charge in [0.2, 0.25) is 5.89 Å². The average molecular weight is 408 g/mol. The first-order chi connectivity index (χ1) is 14.2. The van der Waals surface area contributed by atoms with Crippen LogP contribution in [0, 0.1) is 0 Å². The molecule has 0 fully saturated rings. The van der Waals surface area contributed by atoms with Crippen molar-refractivity contribution in [3.05, 3.63) is 41.5 Å². The fraction of sp³-hybridized carbons (Fsp3) is 0.286. The van der Waals surface area contributed by atoms with Crippen LogP contribution in [0.3, 0.4) is 0 Å². The molecule has 0 amide bonds. The van der Waals surface area contributed by atoms with Crippen LogP contribution in [0.2, 0.25) is 0 Å². The van der Waals surface area contributed by atoms with Crippen molar-refractivity contribution in [3.8, 4) is 23.0 Å². The number of thiazole rings is 1. The minimum absolute atomic E-state index is 0.315. The van der Waals surface area contributed by atoms with Gasteiger partial charge in [-0.1, -0.05) is 22.5 Å². The van der Waals surface area contributed by atoms with E-state index in [1.165, 1.54) is 35.3 Å². The number of hydrogen-bond donors (Lipinski definition) is 1. The SMILES string of the molecule is COc1cc2nc(Nc3nnc(-c4ccc5c(c4)CCCC5)o3)sc2cc1OC. The highest BCUT2D eigenvalue weighted by atomic mass is 32.1. The quantitative estimate of drug-likeness (QED) is 0.498. The molecule has 4 aromatic rings. The maximum atomic E-state index is 5.83. The fourth-order valence-corrected chi connectivity index (χ4v) is 4.52. The molecule has 0 saturated heterocycles. The number of methoxy groups -OCH3 is 2. The van der Waals surface area contributed by atoms with Crippen molar-refractivity contribution in [1.29, 1.82) is 0 Å². The van der Waals surface area contributed by atoms with E-state index in [0.29, 0.717) is 28.5 Å². The molecule has 1 aliphatic carbocycles. The number of hydrogen-bond acceptors (Lipinski definition) is 8. The molecule has 0 saturated carbocycles. The Morgan fingerprint density at radius 1 is 0.966 bits per heavy atom. The lowest BCUT2D eigenvalue weighted by Gasteiger charge is -2.15. The van der Waals surface area contributed by atoms with E-state index in [1.807, 2.05) is 12.1 Å². The van der Waals surface area contributed by atoms with Gasteiger partial charge in [-0.05, 0) is 48.9 Å². The number of rotatable bonds is 5. The summed E-state index contributed by atoms with van der Waals surface area (Å²) in [6.45, 7) is 0. The van der Waals surface area contributed by atoms with Crippen LogP contribution in [0.25, 0.3) is 21.7 Å². The Morgan fingerprint density at radius 3 is 2.59 bits per heavy atom. The minimum atomic E-state index is 0.315. The standard InChI is InChI=1S/C21H20N4O3S/c1-26-16-10-15-18(11-17(16)27-2)29-21(22-15)23-20-25-24-19(28-20)14-8-7-12-5-3-4-6-13(12)9-14/h7-11H,3-6H2,1-2H3,(H,22,23,25). The zero-order valence-electron chi connectivity index (χ0n) is 16.2. The van der Waals surface area contributed by atoms with E-state index in [-0.39, 0.29) is 0 Å². The van der Waals surface area contributed by atoms with Gasteiger partial charge in [-0.2, -0.15) is 0 Å². The first-order valence-electron chi connectivity index (χ1n) is 9.49. The van der Waals surface area contributed by atoms with Gasteiger partial charge in [0.05, 0.1) is 24.4 Å². The van der Waals surface area contributed by atoms with Crippen molar-refractivity contribution in [2.45, 2.75) is 25.7 Å². The van der Waals surface area contributed by atoms with Gasteiger partial charge in [0, 0.05) is 17.7 Å². The van der Waals surface area contributed by atoms with E-state index >= 15 is 0 Å². The monoisotopic (exact) mass is 408 g/mol. The number of nitrogens with one attached hydrogen (secondary N) is 1. The van der Waals surface area contributed by atoms with Gasteiger partial charge in [-0.15, -0.1) is 5.10 Å². The molecule has 7 nitrogen and oxygen atoms in total. The second kappa shape index (κ2) is 7.36. The summed E-state index contributed by atoms with van der Waals surface area (Å²) >= 11 is 1.48. The number of ether oxygens (including phenoxy) is 2. The van der Waals surface area contributed by atoms with Gasteiger partial charge < -0.3 is 13.9 Å². The van der Waals surface area contributed by atoms with Crippen LogP contribution in [0.4, 0.5) is 11.1 Å². The Hall–Kier alpha value is -3.13. The number of anilines is 2. The third-order valence-electron chi connectivity index (χ3n) is 5.13. The highest BCUT2D eigenvalue weighted by molar-refractivity contribution is 7.22. The molecule has 2 aromatic heterocycles. The number of aromatic nitrogens is 3. The summed E-state index contributed by atoms with van der Waals surface area (Å²) in [5.74, 6) is 1.82. The molecule has 2 heterocycles. The smallest absolute Gasteiger partial charge is 0.322 e. The van der Waals surface area contributed by atoms with Crippen LogP contribution in [-0.2, 0) is 12.8 Å². The summed E-state index contributed by atoms with van der Waals surface area (Å²) in [7, 11) is 3.22. The number of nitrogens with zero attached hydrogens (tertiary/aromatic N) is 3. The van der Waals surface area contributed by atoms with E-state index in [9.17, 15) is 0 Å². The van der Waals surface area contributed by atoms with E-state index in [1.54, 1.807) is 14.2 Å². The Balaban J connectivity index is 1.40. The highest BCUT2D eigenvalue weighted by Crippen LogP contribution is 2.37. The number of fused-ring (bicyclic) bond motifs is 2. The Bertz CT molecular complexity index is 1140. The van der Waals surface area contributed by atoms with Crippen molar-refractivity contribution in [2.75, 3.05) is 19.5 Å². The zero-order chi connectivity index (χ0) is 19.8. The van der Waals surface area contributed by atoms with Crippen LogP contribution in [0.5, 0.6) is 11.5 Å². The van der Waals surface area contributed by atoms with Crippen molar-refractivity contribution in [2.24, 2.45) is 0 Å². The first kappa shape index (κ1) is 17.9. The third-order valence-corrected chi connectivity index (χ3v) is 6.06. The predicted octanol–water partition coefficient (Wildman–Crippen LogP) is 4.99. The Kier molecular flexibility index (Phi) is 4.55. The van der Waals surface area contributed by atoms with E-state index in [4.69, 9.17) is 13.9 Å². The summed E-state index contributed by atoms with van der Waals surface area (Å²) in [6, 6.07) is 10.5. The molecule has 8 heteroatoms. The van der Waals surface area contributed by atoms with Crippen molar-refractivity contribution >= 4 is 32.7 Å². The molecule has 0 radical (unpaired) electrons. The van der Waals surface area contributed by atoms with Gasteiger partial charge >= 0.3 is 6.01 Å². The third kappa shape index (κ3) is 3.40. The van der Waals surface area contributed by atoms with Crippen molar-refractivity contribution in [3.63, 3.8) is 0 Å². The van der Waals surface area contributed by atoms with Crippen LogP contribution in [0.1, 0.15) is 24.0 Å². The Morgan fingerprint density at radius 2 is 1.76 bits per heavy atom. The topological polar surface area (TPSA) is 82.3 Å². The summed E-state index contributed by atoms with van der Waals surface area (Å²) < 4.78 is 17.5. The molecule has 1 aliphatic rings. The number of aryl methyl sites for hydroxylation is 2. The van der Waals surface area contributed by atoms with Gasteiger partial charge in [0.1, 0.15) is 0 Å². The second-order valence-corrected chi connectivity index (χ2v) is 7.95. The highest BCUT2D eigenvalue weighted by Gasteiger charge is 2.16. The molecular weight excluding hydrogens is 388 g/mol. The normalized spacial score (nSPS) is 13.3. The lowest BCUT2D eigenvalue weighted by atomic mass is 9.90. The van der Waals surface area contributed by atoms with Gasteiger partial charge in [-0.25, -0.2) is 4.98 Å². The fourth-order valence-electron chi connectivity index (χ4n) is 3.66. The molecule has 29 heavy (non-hydrogen) atoms. The first-order valence-corrected chi connectivity index (χ1v) is 10.3. The molecule has 5 rings (SSSR count). The largest absolute Gasteiger partial charge is 0.493 e. The second-order valence-electron chi connectivity index (χ2n) is 6.92. The van der Waals surface area contributed by atoms with Gasteiger partial charge in [0.25, 0.3) is 0 Å². The molecule has 2 aromatic carbocycles.